The number of ether oxygens (including phenoxy) is 3. The highest BCUT2D eigenvalue weighted by molar-refractivity contribution is 5.94. The first-order valence-electron chi connectivity index (χ1n) is 8.78. The SMILES string of the molecule is COC(=O)c1cc2c(=O)n(CCc3ccc(OC)c(OC)c3)ccc2nc1C. The fourth-order valence-electron chi connectivity index (χ4n) is 3.08. The lowest BCUT2D eigenvalue weighted by Gasteiger charge is -2.11. The molecule has 2 heterocycles. The standard InChI is InChI=1S/C21H22N2O5/c1-13-15(21(25)28-4)12-16-17(22-13)8-10-23(20(16)24)9-7-14-5-6-18(26-2)19(11-14)27-3/h5-6,8,10-12H,7,9H2,1-4H3. The van der Waals surface area contributed by atoms with Crippen LogP contribution in [0.25, 0.3) is 10.9 Å². The number of benzene rings is 1. The van der Waals surface area contributed by atoms with Gasteiger partial charge in [-0.2, -0.15) is 0 Å². The fourth-order valence-corrected chi connectivity index (χ4v) is 3.08. The van der Waals surface area contributed by atoms with Crippen LogP contribution in [0, 0.1) is 6.92 Å². The molecule has 0 unspecified atom stereocenters. The highest BCUT2D eigenvalue weighted by Gasteiger charge is 2.14. The molecule has 0 bridgehead atoms. The molecule has 0 fully saturated rings. The number of nitrogens with zero attached hydrogens (tertiary/aromatic N) is 2. The van der Waals surface area contributed by atoms with Crippen LogP contribution in [0.15, 0.2) is 41.3 Å². The molecule has 146 valence electrons. The van der Waals surface area contributed by atoms with Crippen molar-refractivity contribution in [3.05, 3.63) is 63.7 Å². The maximum absolute atomic E-state index is 12.9. The highest BCUT2D eigenvalue weighted by Crippen LogP contribution is 2.27. The lowest BCUT2D eigenvalue weighted by atomic mass is 10.1. The highest BCUT2D eigenvalue weighted by atomic mass is 16.5. The molecule has 0 aliphatic carbocycles. The maximum Gasteiger partial charge on any atom is 0.339 e. The fraction of sp³-hybridized carbons (Fsp3) is 0.286. The van der Waals surface area contributed by atoms with Crippen molar-refractivity contribution >= 4 is 16.9 Å². The second kappa shape index (κ2) is 8.12. The average molecular weight is 382 g/mol. The van der Waals surface area contributed by atoms with E-state index in [1.807, 2.05) is 18.2 Å². The molecule has 7 heteroatoms. The van der Waals surface area contributed by atoms with Gasteiger partial charge < -0.3 is 18.8 Å². The summed E-state index contributed by atoms with van der Waals surface area (Å²) in [6.07, 6.45) is 2.35. The van der Waals surface area contributed by atoms with Gasteiger partial charge in [0.05, 0.1) is 43.5 Å². The van der Waals surface area contributed by atoms with Crippen LogP contribution in [0.5, 0.6) is 11.5 Å². The van der Waals surface area contributed by atoms with Crippen molar-refractivity contribution in [1.29, 1.82) is 0 Å². The van der Waals surface area contributed by atoms with E-state index in [9.17, 15) is 9.59 Å². The van der Waals surface area contributed by atoms with Gasteiger partial charge in [0.2, 0.25) is 0 Å². The summed E-state index contributed by atoms with van der Waals surface area (Å²) in [4.78, 5) is 29.1. The zero-order valence-corrected chi connectivity index (χ0v) is 16.3. The molecule has 0 aliphatic heterocycles. The number of pyridine rings is 2. The number of fused-ring (bicyclic) bond motifs is 1. The molecule has 0 saturated heterocycles. The van der Waals surface area contributed by atoms with Crippen LogP contribution >= 0.6 is 0 Å². The van der Waals surface area contributed by atoms with Gasteiger partial charge >= 0.3 is 5.97 Å². The molecule has 1 aromatic carbocycles. The van der Waals surface area contributed by atoms with Crippen LogP contribution in [0.3, 0.4) is 0 Å². The molecule has 0 radical (unpaired) electrons. The topological polar surface area (TPSA) is 79.7 Å². The number of aromatic nitrogens is 2. The molecule has 0 aliphatic rings. The van der Waals surface area contributed by atoms with Crippen LogP contribution in [0.2, 0.25) is 0 Å². The number of hydrogen-bond donors (Lipinski definition) is 0. The number of carbonyl (C=O) groups is 1. The normalized spacial score (nSPS) is 10.7. The molecule has 2 aromatic heterocycles. The Hall–Kier alpha value is -3.35. The Morgan fingerprint density at radius 1 is 1.07 bits per heavy atom. The summed E-state index contributed by atoms with van der Waals surface area (Å²) in [5, 5.41) is 0.390. The number of rotatable bonds is 6. The van der Waals surface area contributed by atoms with Gasteiger partial charge in [-0.3, -0.25) is 9.78 Å². The Labute approximate surface area is 162 Å². The van der Waals surface area contributed by atoms with E-state index in [1.54, 1.807) is 44.0 Å². The lowest BCUT2D eigenvalue weighted by Crippen LogP contribution is -2.21. The van der Waals surface area contributed by atoms with E-state index in [-0.39, 0.29) is 5.56 Å². The van der Waals surface area contributed by atoms with E-state index in [2.05, 4.69) is 4.98 Å². The Morgan fingerprint density at radius 2 is 1.82 bits per heavy atom. The third kappa shape index (κ3) is 3.69. The average Bonchev–Trinajstić information content (AvgIpc) is 2.72. The van der Waals surface area contributed by atoms with E-state index in [0.29, 0.717) is 46.6 Å². The number of methoxy groups -OCH3 is 3. The monoisotopic (exact) mass is 382 g/mol. The quantitative estimate of drug-likeness (QED) is 0.610. The molecular weight excluding hydrogens is 360 g/mol. The lowest BCUT2D eigenvalue weighted by molar-refractivity contribution is 0.0599. The van der Waals surface area contributed by atoms with Gasteiger partial charge in [0.25, 0.3) is 5.56 Å². The van der Waals surface area contributed by atoms with E-state index in [1.165, 1.54) is 7.11 Å². The predicted octanol–water partition coefficient (Wildman–Crippen LogP) is 2.75. The van der Waals surface area contributed by atoms with Crippen molar-refractivity contribution in [3.8, 4) is 11.5 Å². The second-order valence-electron chi connectivity index (χ2n) is 6.30. The number of aryl methyl sites for hydroxylation is 3. The molecule has 0 atom stereocenters. The zero-order chi connectivity index (χ0) is 20.3. The van der Waals surface area contributed by atoms with Crippen molar-refractivity contribution in [1.82, 2.24) is 9.55 Å². The van der Waals surface area contributed by atoms with Gasteiger partial charge in [0.15, 0.2) is 11.5 Å². The predicted molar refractivity (Wildman–Crippen MR) is 105 cm³/mol. The van der Waals surface area contributed by atoms with Crippen molar-refractivity contribution < 1.29 is 19.0 Å². The Bertz CT molecular complexity index is 1090. The number of hydrogen-bond acceptors (Lipinski definition) is 6. The molecule has 3 aromatic rings. The zero-order valence-electron chi connectivity index (χ0n) is 16.3. The molecule has 0 N–H and O–H groups in total. The van der Waals surface area contributed by atoms with Gasteiger partial charge in [-0.25, -0.2) is 4.79 Å². The number of esters is 1. The first-order valence-corrected chi connectivity index (χ1v) is 8.78. The van der Waals surface area contributed by atoms with Crippen LogP contribution in [0.4, 0.5) is 0 Å². The summed E-state index contributed by atoms with van der Waals surface area (Å²) in [6.45, 7) is 2.19. The molecule has 0 saturated carbocycles. The minimum atomic E-state index is -0.507. The molecule has 0 amide bonds. The second-order valence-corrected chi connectivity index (χ2v) is 6.30. The molecule has 3 rings (SSSR count). The number of carbonyl (C=O) groups excluding carboxylic acids is 1. The molecule has 0 spiro atoms. The largest absolute Gasteiger partial charge is 0.493 e. The minimum Gasteiger partial charge on any atom is -0.493 e. The minimum absolute atomic E-state index is 0.198. The summed E-state index contributed by atoms with van der Waals surface area (Å²) in [6, 6.07) is 9.00. The van der Waals surface area contributed by atoms with Gasteiger partial charge in [-0.15, -0.1) is 0 Å². The van der Waals surface area contributed by atoms with Crippen LogP contribution in [-0.4, -0.2) is 36.8 Å². The van der Waals surface area contributed by atoms with Crippen LogP contribution in [-0.2, 0) is 17.7 Å². The van der Waals surface area contributed by atoms with E-state index < -0.39 is 5.97 Å². The van der Waals surface area contributed by atoms with E-state index in [0.717, 1.165) is 5.56 Å². The van der Waals surface area contributed by atoms with Crippen molar-refractivity contribution in [2.45, 2.75) is 19.9 Å². The van der Waals surface area contributed by atoms with E-state index >= 15 is 0 Å². The third-order valence-electron chi connectivity index (χ3n) is 4.64. The first kappa shape index (κ1) is 19.4. The maximum atomic E-state index is 12.9. The van der Waals surface area contributed by atoms with Gasteiger partial charge in [0, 0.05) is 12.7 Å². The van der Waals surface area contributed by atoms with Crippen molar-refractivity contribution in [2.24, 2.45) is 0 Å². The summed E-state index contributed by atoms with van der Waals surface area (Å²) < 4.78 is 16.9. The van der Waals surface area contributed by atoms with Gasteiger partial charge in [-0.1, -0.05) is 6.07 Å². The Kier molecular flexibility index (Phi) is 5.63. The summed E-state index contributed by atoms with van der Waals surface area (Å²) in [5.41, 5.74) is 2.20. The van der Waals surface area contributed by atoms with E-state index in [4.69, 9.17) is 14.2 Å². The van der Waals surface area contributed by atoms with Gasteiger partial charge in [-0.05, 0) is 43.2 Å². The molecule has 7 nitrogen and oxygen atoms in total. The molecular formula is C21H22N2O5. The third-order valence-corrected chi connectivity index (χ3v) is 4.64. The van der Waals surface area contributed by atoms with Crippen molar-refractivity contribution in [3.63, 3.8) is 0 Å². The first-order chi connectivity index (χ1) is 13.5. The van der Waals surface area contributed by atoms with Crippen LogP contribution < -0.4 is 15.0 Å². The Morgan fingerprint density at radius 3 is 2.50 bits per heavy atom. The molecule has 28 heavy (non-hydrogen) atoms. The summed E-state index contributed by atoms with van der Waals surface area (Å²) in [5.74, 6) is 0.797. The Balaban J connectivity index is 1.92. The summed E-state index contributed by atoms with van der Waals surface area (Å²) >= 11 is 0. The van der Waals surface area contributed by atoms with Gasteiger partial charge in [0.1, 0.15) is 0 Å². The van der Waals surface area contributed by atoms with Crippen LogP contribution in [0.1, 0.15) is 21.6 Å². The smallest absolute Gasteiger partial charge is 0.339 e. The van der Waals surface area contributed by atoms with Crippen molar-refractivity contribution in [2.75, 3.05) is 21.3 Å². The summed E-state index contributed by atoms with van der Waals surface area (Å²) in [7, 11) is 4.48.